The van der Waals surface area contributed by atoms with Gasteiger partial charge < -0.3 is 5.32 Å². The maximum Gasteiger partial charge on any atom is 0.276 e. The molecule has 1 amide bonds. The third kappa shape index (κ3) is 5.65. The summed E-state index contributed by atoms with van der Waals surface area (Å²) in [7, 11) is 0. The lowest BCUT2D eigenvalue weighted by Crippen LogP contribution is -2.19. The number of allylic oxidation sites excluding steroid dienone is 2. The fraction of sp³-hybridized carbons (Fsp3) is 0.182. The molecule has 1 aliphatic rings. The lowest BCUT2D eigenvalue weighted by Gasteiger charge is -2.01. The van der Waals surface area contributed by atoms with E-state index in [1.807, 2.05) is 12.1 Å². The van der Waals surface area contributed by atoms with E-state index in [1.165, 1.54) is 23.4 Å². The van der Waals surface area contributed by atoms with Crippen LogP contribution in [0.2, 0.25) is 0 Å². The molecule has 0 atom stereocenters. The predicted molar refractivity (Wildman–Crippen MR) is 118 cm³/mol. The number of carbonyl (C=O) groups excluding carboxylic acids is 1. The first-order valence-electron chi connectivity index (χ1n) is 9.35. The number of nitro groups is 1. The second-order valence-corrected chi connectivity index (χ2v) is 7.48. The lowest BCUT2D eigenvalue weighted by atomic mass is 10.1. The van der Waals surface area contributed by atoms with E-state index < -0.39 is 4.92 Å². The van der Waals surface area contributed by atoms with Crippen LogP contribution in [0.4, 0.5) is 11.4 Å². The summed E-state index contributed by atoms with van der Waals surface area (Å²) in [5.74, 6) is -0.236. The molecule has 0 aliphatic carbocycles. The summed E-state index contributed by atoms with van der Waals surface area (Å²) < 4.78 is 0. The van der Waals surface area contributed by atoms with E-state index in [0.29, 0.717) is 15.6 Å². The Morgan fingerprint density at radius 1 is 1.17 bits per heavy atom. The smallest absolute Gasteiger partial charge is 0.276 e. The Hall–Kier alpha value is -3.19. The zero-order chi connectivity index (χ0) is 20.6. The highest BCUT2D eigenvalue weighted by atomic mass is 32.2. The van der Waals surface area contributed by atoms with Crippen molar-refractivity contribution in [1.29, 1.82) is 0 Å². The van der Waals surface area contributed by atoms with Crippen molar-refractivity contribution in [2.24, 2.45) is 4.99 Å². The predicted octanol–water partition coefficient (Wildman–Crippen LogP) is 5.39. The molecular formula is C22H21N3O3S. The van der Waals surface area contributed by atoms with Crippen molar-refractivity contribution >= 4 is 40.3 Å². The minimum atomic E-state index is -0.428. The second-order valence-electron chi connectivity index (χ2n) is 6.45. The van der Waals surface area contributed by atoms with Gasteiger partial charge in [-0.2, -0.15) is 0 Å². The van der Waals surface area contributed by atoms with E-state index in [0.717, 1.165) is 24.9 Å². The zero-order valence-electron chi connectivity index (χ0n) is 16.0. The molecule has 1 fully saturated rings. The normalized spacial score (nSPS) is 16.7. The summed E-state index contributed by atoms with van der Waals surface area (Å²) in [6, 6.07) is 14.5. The summed E-state index contributed by atoms with van der Waals surface area (Å²) in [5.41, 5.74) is 2.56. The number of aliphatic imine (C=N–C) groups is 1. The van der Waals surface area contributed by atoms with Crippen molar-refractivity contribution in [2.75, 3.05) is 0 Å². The van der Waals surface area contributed by atoms with Gasteiger partial charge in [0.25, 0.3) is 11.6 Å². The zero-order valence-corrected chi connectivity index (χ0v) is 16.8. The van der Waals surface area contributed by atoms with E-state index in [-0.39, 0.29) is 11.6 Å². The molecule has 2 aromatic rings. The fourth-order valence-corrected chi connectivity index (χ4v) is 3.56. The Morgan fingerprint density at radius 3 is 2.66 bits per heavy atom. The number of amidine groups is 1. The van der Waals surface area contributed by atoms with Crippen LogP contribution in [0.3, 0.4) is 0 Å². The second kappa shape index (κ2) is 9.84. The van der Waals surface area contributed by atoms with Gasteiger partial charge in [-0.15, -0.1) is 0 Å². The number of thioether (sulfide) groups is 1. The summed E-state index contributed by atoms with van der Waals surface area (Å²) in [5, 5.41) is 14.3. The molecule has 0 spiro atoms. The number of rotatable bonds is 7. The number of benzene rings is 2. The van der Waals surface area contributed by atoms with E-state index in [9.17, 15) is 14.9 Å². The SMILES string of the molecule is CCCCc1ccc(N=C2NC(=O)/C(=C/C=C/c3ccccc3[N+](=O)[O-])S2)cc1. The highest BCUT2D eigenvalue weighted by Crippen LogP contribution is 2.27. The molecule has 0 radical (unpaired) electrons. The van der Waals surface area contributed by atoms with Gasteiger partial charge >= 0.3 is 0 Å². The van der Waals surface area contributed by atoms with Crippen molar-refractivity contribution in [1.82, 2.24) is 5.32 Å². The highest BCUT2D eigenvalue weighted by molar-refractivity contribution is 8.18. The van der Waals surface area contributed by atoms with Gasteiger partial charge in [0.05, 0.1) is 21.1 Å². The van der Waals surface area contributed by atoms with E-state index in [2.05, 4.69) is 29.4 Å². The maximum absolute atomic E-state index is 12.1. The molecule has 0 bridgehead atoms. The summed E-state index contributed by atoms with van der Waals surface area (Å²) >= 11 is 1.24. The topological polar surface area (TPSA) is 84.6 Å². The van der Waals surface area contributed by atoms with Crippen LogP contribution in [0, 0.1) is 10.1 Å². The Kier molecular flexibility index (Phi) is 6.97. The summed E-state index contributed by atoms with van der Waals surface area (Å²) in [6.07, 6.45) is 8.26. The number of nitrogens with zero attached hydrogens (tertiary/aromatic N) is 2. The average Bonchev–Trinajstić information content (AvgIpc) is 3.06. The van der Waals surface area contributed by atoms with Crippen molar-refractivity contribution in [3.63, 3.8) is 0 Å². The lowest BCUT2D eigenvalue weighted by molar-refractivity contribution is -0.385. The van der Waals surface area contributed by atoms with Crippen LogP contribution in [0.25, 0.3) is 6.08 Å². The fourth-order valence-electron chi connectivity index (χ4n) is 2.76. The van der Waals surface area contributed by atoms with Gasteiger partial charge in [-0.05, 0) is 60.5 Å². The molecule has 7 heteroatoms. The third-order valence-corrected chi connectivity index (χ3v) is 5.22. The van der Waals surface area contributed by atoms with E-state index in [4.69, 9.17) is 0 Å². The first-order chi connectivity index (χ1) is 14.1. The van der Waals surface area contributed by atoms with Crippen LogP contribution in [-0.4, -0.2) is 16.0 Å². The molecule has 1 heterocycles. The number of nitrogens with one attached hydrogen (secondary N) is 1. The van der Waals surface area contributed by atoms with Crippen LogP contribution in [0.1, 0.15) is 30.9 Å². The van der Waals surface area contributed by atoms with Gasteiger partial charge in [-0.1, -0.05) is 43.7 Å². The molecule has 1 saturated heterocycles. The van der Waals surface area contributed by atoms with E-state index >= 15 is 0 Å². The molecule has 148 valence electrons. The van der Waals surface area contributed by atoms with Gasteiger partial charge in [-0.3, -0.25) is 14.9 Å². The Labute approximate surface area is 173 Å². The van der Waals surface area contributed by atoms with Crippen LogP contribution < -0.4 is 5.32 Å². The molecule has 6 nitrogen and oxygen atoms in total. The monoisotopic (exact) mass is 407 g/mol. The molecular weight excluding hydrogens is 386 g/mol. The standard InChI is InChI=1S/C22H21N3O3S/c1-2-3-7-16-12-14-18(15-13-16)23-22-24-21(26)20(29-22)11-6-9-17-8-4-5-10-19(17)25(27)28/h4-6,8-15H,2-3,7H2,1H3,(H,23,24,26)/b9-6+,20-11-. The number of carbonyl (C=O) groups is 1. The van der Waals surface area contributed by atoms with Crippen molar-refractivity contribution in [3.8, 4) is 0 Å². The molecule has 1 N–H and O–H groups in total. The summed E-state index contributed by atoms with van der Waals surface area (Å²) in [6.45, 7) is 2.17. The van der Waals surface area contributed by atoms with Crippen LogP contribution in [0.15, 0.2) is 70.6 Å². The number of nitro benzene ring substituents is 1. The number of hydrogen-bond acceptors (Lipinski definition) is 5. The first-order valence-corrected chi connectivity index (χ1v) is 10.2. The number of para-hydroxylation sites is 1. The van der Waals surface area contributed by atoms with Gasteiger partial charge in [0, 0.05) is 6.07 Å². The van der Waals surface area contributed by atoms with Crippen LogP contribution in [0.5, 0.6) is 0 Å². The molecule has 0 saturated carbocycles. The largest absolute Gasteiger partial charge is 0.300 e. The average molecular weight is 407 g/mol. The van der Waals surface area contributed by atoms with Crippen molar-refractivity contribution in [3.05, 3.63) is 86.8 Å². The van der Waals surface area contributed by atoms with Crippen LogP contribution in [-0.2, 0) is 11.2 Å². The summed E-state index contributed by atoms with van der Waals surface area (Å²) in [4.78, 5) is 27.7. The molecule has 2 aromatic carbocycles. The van der Waals surface area contributed by atoms with Crippen LogP contribution >= 0.6 is 11.8 Å². The van der Waals surface area contributed by atoms with Crippen molar-refractivity contribution in [2.45, 2.75) is 26.2 Å². The van der Waals surface area contributed by atoms with E-state index in [1.54, 1.807) is 36.4 Å². The number of hydrogen-bond donors (Lipinski definition) is 1. The highest BCUT2D eigenvalue weighted by Gasteiger charge is 2.23. The quantitative estimate of drug-likeness (QED) is 0.379. The number of unbranched alkanes of at least 4 members (excludes halogenated alkanes) is 1. The third-order valence-electron chi connectivity index (χ3n) is 4.29. The number of amides is 1. The molecule has 3 rings (SSSR count). The minimum Gasteiger partial charge on any atom is -0.300 e. The molecule has 0 aromatic heterocycles. The minimum absolute atomic E-state index is 0.0234. The van der Waals surface area contributed by atoms with Crippen molar-refractivity contribution < 1.29 is 9.72 Å². The Bertz CT molecular complexity index is 995. The van der Waals surface area contributed by atoms with Gasteiger partial charge in [-0.25, -0.2) is 4.99 Å². The Morgan fingerprint density at radius 2 is 1.93 bits per heavy atom. The van der Waals surface area contributed by atoms with Gasteiger partial charge in [0.15, 0.2) is 5.17 Å². The van der Waals surface area contributed by atoms with Gasteiger partial charge in [0.2, 0.25) is 0 Å². The first kappa shape index (κ1) is 20.5. The molecule has 1 aliphatic heterocycles. The number of aryl methyl sites for hydroxylation is 1. The maximum atomic E-state index is 12.1. The molecule has 0 unspecified atom stereocenters. The van der Waals surface area contributed by atoms with Gasteiger partial charge in [0.1, 0.15) is 0 Å². The molecule has 29 heavy (non-hydrogen) atoms. The Balaban J connectivity index is 1.68.